The molecule has 3 rings (SSSR count). The summed E-state index contributed by atoms with van der Waals surface area (Å²) in [6.45, 7) is 1.66. The maximum Gasteiger partial charge on any atom is 0.137 e. The maximum atomic E-state index is 14.2. The molecule has 2 aromatic rings. The van der Waals surface area contributed by atoms with Gasteiger partial charge in [-0.2, -0.15) is 0 Å². The van der Waals surface area contributed by atoms with Gasteiger partial charge < -0.3 is 5.32 Å². The monoisotopic (exact) mass is 293 g/mol. The van der Waals surface area contributed by atoms with E-state index in [1.54, 1.807) is 6.92 Å². The number of hydrogen-bond acceptors (Lipinski definition) is 2. The Bertz CT molecular complexity index is 631. The van der Waals surface area contributed by atoms with Gasteiger partial charge in [-0.15, -0.1) is 11.3 Å². The Kier molecular flexibility index (Phi) is 3.61. The van der Waals surface area contributed by atoms with Crippen LogP contribution in [-0.4, -0.2) is 7.05 Å². The summed E-state index contributed by atoms with van der Waals surface area (Å²) < 4.78 is 28.1. The minimum atomic E-state index is -0.492. The van der Waals surface area contributed by atoms with Gasteiger partial charge in [0.05, 0.1) is 5.56 Å². The maximum absolute atomic E-state index is 14.2. The molecule has 1 atom stereocenters. The van der Waals surface area contributed by atoms with E-state index in [-0.39, 0.29) is 5.56 Å². The van der Waals surface area contributed by atoms with Crippen LogP contribution < -0.4 is 5.32 Å². The van der Waals surface area contributed by atoms with E-state index in [0.717, 1.165) is 4.88 Å². The fraction of sp³-hybridized carbons (Fsp3) is 0.375. The normalized spacial score (nSPS) is 16.4. The first-order chi connectivity index (χ1) is 9.61. The Morgan fingerprint density at radius 3 is 2.60 bits per heavy atom. The number of nitrogens with one attached hydrogen (secondary N) is 1. The lowest BCUT2D eigenvalue weighted by atomic mass is 10.1. The molecule has 1 nitrogen and oxygen atoms in total. The summed E-state index contributed by atoms with van der Waals surface area (Å²) >= 11 is 1.48. The van der Waals surface area contributed by atoms with Crippen LogP contribution in [0, 0.1) is 24.5 Å². The quantitative estimate of drug-likeness (QED) is 0.863. The molecular formula is C16H17F2NS. The van der Waals surface area contributed by atoms with Crippen LogP contribution in [0.1, 0.15) is 29.3 Å². The van der Waals surface area contributed by atoms with Gasteiger partial charge in [-0.25, -0.2) is 8.78 Å². The summed E-state index contributed by atoms with van der Waals surface area (Å²) in [5.41, 5.74) is 0.579. The van der Waals surface area contributed by atoms with Gasteiger partial charge in [-0.05, 0) is 56.5 Å². The average Bonchev–Trinajstić information content (AvgIpc) is 3.15. The standard InChI is InChI=1S/C16H17F2NS/c1-9-3-6-11(17)14(15(9)18)12-7-8-13(20-12)16(19-2)10-4-5-10/h3,6-8,10,16,19H,4-5H2,1-2H3. The topological polar surface area (TPSA) is 12.0 Å². The first-order valence-corrected chi connectivity index (χ1v) is 7.65. The van der Waals surface area contributed by atoms with Crippen LogP contribution in [0.2, 0.25) is 0 Å². The highest BCUT2D eigenvalue weighted by molar-refractivity contribution is 7.15. The van der Waals surface area contributed by atoms with Crippen molar-refractivity contribution in [1.82, 2.24) is 5.32 Å². The minimum absolute atomic E-state index is 0.104. The molecule has 0 amide bonds. The molecule has 1 N–H and O–H groups in total. The molecule has 1 aromatic carbocycles. The first kappa shape index (κ1) is 13.7. The predicted octanol–water partition coefficient (Wildman–Crippen LogP) is 4.67. The van der Waals surface area contributed by atoms with E-state index in [0.29, 0.717) is 22.4 Å². The van der Waals surface area contributed by atoms with Crippen LogP contribution in [0.25, 0.3) is 10.4 Å². The zero-order chi connectivity index (χ0) is 14.3. The van der Waals surface area contributed by atoms with Gasteiger partial charge in [0.25, 0.3) is 0 Å². The molecule has 0 spiro atoms. The molecule has 20 heavy (non-hydrogen) atoms. The van der Waals surface area contributed by atoms with Gasteiger partial charge in [-0.1, -0.05) is 6.07 Å². The van der Waals surface area contributed by atoms with Crippen molar-refractivity contribution in [2.45, 2.75) is 25.8 Å². The van der Waals surface area contributed by atoms with Crippen molar-refractivity contribution < 1.29 is 8.78 Å². The number of thiophene rings is 1. The lowest BCUT2D eigenvalue weighted by Gasteiger charge is -2.12. The number of benzene rings is 1. The van der Waals surface area contributed by atoms with Crippen molar-refractivity contribution in [1.29, 1.82) is 0 Å². The van der Waals surface area contributed by atoms with Crippen molar-refractivity contribution >= 4 is 11.3 Å². The molecule has 0 aliphatic heterocycles. The summed E-state index contributed by atoms with van der Waals surface area (Å²) in [5.74, 6) is -0.279. The second-order valence-electron chi connectivity index (χ2n) is 5.36. The van der Waals surface area contributed by atoms with Crippen molar-refractivity contribution in [2.24, 2.45) is 5.92 Å². The number of aryl methyl sites for hydroxylation is 1. The van der Waals surface area contributed by atoms with Crippen molar-refractivity contribution in [2.75, 3.05) is 7.05 Å². The van der Waals surface area contributed by atoms with Crippen LogP contribution in [-0.2, 0) is 0 Å². The Hall–Kier alpha value is -1.26. The lowest BCUT2D eigenvalue weighted by molar-refractivity contribution is 0.537. The van der Waals surface area contributed by atoms with Gasteiger partial charge >= 0.3 is 0 Å². The van der Waals surface area contributed by atoms with E-state index in [1.807, 2.05) is 19.2 Å². The highest BCUT2D eigenvalue weighted by Gasteiger charge is 2.32. The fourth-order valence-electron chi connectivity index (χ4n) is 2.58. The van der Waals surface area contributed by atoms with E-state index in [9.17, 15) is 8.78 Å². The Balaban J connectivity index is 2.00. The van der Waals surface area contributed by atoms with E-state index in [1.165, 1.54) is 36.3 Å². The zero-order valence-electron chi connectivity index (χ0n) is 11.5. The minimum Gasteiger partial charge on any atom is -0.312 e. The molecule has 1 aromatic heterocycles. The summed E-state index contributed by atoms with van der Waals surface area (Å²) in [6.07, 6.45) is 2.46. The van der Waals surface area contributed by atoms with Crippen LogP contribution in [0.4, 0.5) is 8.78 Å². The molecule has 1 heterocycles. The molecule has 1 unspecified atom stereocenters. The summed E-state index contributed by atoms with van der Waals surface area (Å²) in [7, 11) is 1.94. The third-order valence-electron chi connectivity index (χ3n) is 3.87. The molecule has 0 saturated heterocycles. The van der Waals surface area contributed by atoms with E-state index >= 15 is 0 Å². The number of rotatable bonds is 4. The third kappa shape index (κ3) is 2.38. The molecule has 1 fully saturated rings. The van der Waals surface area contributed by atoms with Crippen LogP contribution in [0.3, 0.4) is 0 Å². The SMILES string of the molecule is CNC(c1ccc(-c2c(F)ccc(C)c2F)s1)C1CC1. The van der Waals surface area contributed by atoms with Crippen LogP contribution >= 0.6 is 11.3 Å². The molecule has 1 aliphatic carbocycles. The molecule has 106 valence electrons. The Morgan fingerprint density at radius 1 is 1.20 bits per heavy atom. The molecular weight excluding hydrogens is 276 g/mol. The van der Waals surface area contributed by atoms with E-state index in [2.05, 4.69) is 5.32 Å². The summed E-state index contributed by atoms with van der Waals surface area (Å²) in [4.78, 5) is 1.82. The average molecular weight is 293 g/mol. The molecule has 1 saturated carbocycles. The predicted molar refractivity (Wildman–Crippen MR) is 78.9 cm³/mol. The highest BCUT2D eigenvalue weighted by atomic mass is 32.1. The lowest BCUT2D eigenvalue weighted by Crippen LogP contribution is -2.16. The van der Waals surface area contributed by atoms with Gasteiger partial charge in [0.2, 0.25) is 0 Å². The second-order valence-corrected chi connectivity index (χ2v) is 6.47. The Morgan fingerprint density at radius 2 is 1.95 bits per heavy atom. The van der Waals surface area contributed by atoms with E-state index < -0.39 is 11.6 Å². The zero-order valence-corrected chi connectivity index (χ0v) is 12.4. The fourth-order valence-corrected chi connectivity index (χ4v) is 3.83. The van der Waals surface area contributed by atoms with Crippen molar-refractivity contribution in [3.05, 3.63) is 46.3 Å². The number of hydrogen-bond donors (Lipinski definition) is 1. The smallest absolute Gasteiger partial charge is 0.137 e. The first-order valence-electron chi connectivity index (χ1n) is 6.83. The van der Waals surface area contributed by atoms with Crippen molar-refractivity contribution in [3.8, 4) is 10.4 Å². The third-order valence-corrected chi connectivity index (χ3v) is 5.05. The van der Waals surface area contributed by atoms with E-state index in [4.69, 9.17) is 0 Å². The molecule has 0 radical (unpaired) electrons. The molecule has 4 heteroatoms. The van der Waals surface area contributed by atoms with Crippen molar-refractivity contribution in [3.63, 3.8) is 0 Å². The van der Waals surface area contributed by atoms with Gasteiger partial charge in [0.1, 0.15) is 11.6 Å². The number of halogens is 2. The van der Waals surface area contributed by atoms with Crippen LogP contribution in [0.5, 0.6) is 0 Å². The Labute approximate surface area is 121 Å². The largest absolute Gasteiger partial charge is 0.312 e. The van der Waals surface area contributed by atoms with Crippen LogP contribution in [0.15, 0.2) is 24.3 Å². The summed E-state index contributed by atoms with van der Waals surface area (Å²) in [6, 6.07) is 6.94. The van der Waals surface area contributed by atoms with Gasteiger partial charge in [-0.3, -0.25) is 0 Å². The summed E-state index contributed by atoms with van der Waals surface area (Å²) in [5, 5.41) is 3.31. The van der Waals surface area contributed by atoms with Gasteiger partial charge in [0, 0.05) is 15.8 Å². The molecule has 0 bridgehead atoms. The highest BCUT2D eigenvalue weighted by Crippen LogP contribution is 2.44. The van der Waals surface area contributed by atoms with Gasteiger partial charge in [0.15, 0.2) is 0 Å². The molecule has 1 aliphatic rings. The second kappa shape index (κ2) is 5.26.